The highest BCUT2D eigenvalue weighted by atomic mass is 32.2. The Hall–Kier alpha value is -0.420. The molecule has 0 aromatic rings. The minimum atomic E-state index is -1.33. The number of ether oxygens (including phenoxy) is 2. The number of fused-ring (bicyclic) bond motifs is 1. The number of carbonyl (C=O) groups is 1. The molecule has 3 saturated heterocycles. The molecule has 32 heavy (non-hydrogen) atoms. The molecule has 3 fully saturated rings. The zero-order valence-electron chi connectivity index (χ0n) is 19.9. The molecular weight excluding hydrogens is 432 g/mol. The summed E-state index contributed by atoms with van der Waals surface area (Å²) in [7, 11) is 0. The van der Waals surface area contributed by atoms with Crippen molar-refractivity contribution >= 4 is 17.7 Å². The van der Waals surface area contributed by atoms with E-state index in [1.165, 1.54) is 18.2 Å². The van der Waals surface area contributed by atoms with Gasteiger partial charge in [-0.05, 0) is 49.2 Å². The molecule has 3 aliphatic rings. The van der Waals surface area contributed by atoms with Gasteiger partial charge >= 0.3 is 0 Å². The van der Waals surface area contributed by atoms with Gasteiger partial charge in [-0.1, -0.05) is 27.7 Å². The van der Waals surface area contributed by atoms with Crippen LogP contribution in [0.1, 0.15) is 47.0 Å². The average Bonchev–Trinajstić information content (AvgIpc) is 3.02. The SMILES string of the molecule is CSC1O[C@H]([C@H](NC(=O)[C@H]2NC[C@@H]3C[C@H](CC(C)C)CCO[C@H]32)C(C)C)C(O)C(O)[C@H]1O. The van der Waals surface area contributed by atoms with Crippen LogP contribution in [0.2, 0.25) is 0 Å². The number of amides is 1. The van der Waals surface area contributed by atoms with Crippen molar-refractivity contribution in [3.63, 3.8) is 0 Å². The van der Waals surface area contributed by atoms with Crippen LogP contribution in [0.25, 0.3) is 0 Å². The van der Waals surface area contributed by atoms with E-state index in [4.69, 9.17) is 9.47 Å². The first-order valence-corrected chi connectivity index (χ1v) is 13.3. The standard InChI is InChI=1S/C23H42N2O6S/c1-11(2)8-13-6-7-30-20-14(9-13)10-24-16(20)22(29)25-15(12(3)4)21-18(27)17(26)19(28)23(31-21)32-5/h11-21,23-24,26-28H,6-10H2,1-5H3,(H,25,29)/t13-,14-,15+,16-,17?,18?,19+,20+,21+,23?/m0/s1. The normalized spacial score (nSPS) is 41.4. The Morgan fingerprint density at radius 2 is 1.88 bits per heavy atom. The highest BCUT2D eigenvalue weighted by molar-refractivity contribution is 7.99. The molecule has 0 aromatic carbocycles. The van der Waals surface area contributed by atoms with E-state index in [9.17, 15) is 20.1 Å². The summed E-state index contributed by atoms with van der Waals surface area (Å²) in [5, 5.41) is 37.5. The maximum Gasteiger partial charge on any atom is 0.240 e. The topological polar surface area (TPSA) is 120 Å². The molecule has 0 spiro atoms. The highest BCUT2D eigenvalue weighted by Gasteiger charge is 2.49. The second kappa shape index (κ2) is 11.3. The monoisotopic (exact) mass is 474 g/mol. The fourth-order valence-electron chi connectivity index (χ4n) is 5.52. The van der Waals surface area contributed by atoms with Crippen LogP contribution in [0.4, 0.5) is 0 Å². The van der Waals surface area contributed by atoms with Crippen molar-refractivity contribution in [2.45, 2.75) is 95.0 Å². The molecule has 0 aliphatic carbocycles. The maximum atomic E-state index is 13.3. The number of carbonyl (C=O) groups excluding carboxylic acids is 1. The predicted octanol–water partition coefficient (Wildman–Crippen LogP) is 0.727. The van der Waals surface area contributed by atoms with Crippen molar-refractivity contribution in [3.05, 3.63) is 0 Å². The quantitative estimate of drug-likeness (QED) is 0.366. The molecule has 1 amide bonds. The zero-order chi connectivity index (χ0) is 23.6. The van der Waals surface area contributed by atoms with Gasteiger partial charge in [0.05, 0.1) is 12.1 Å². The second-order valence-electron chi connectivity index (χ2n) is 10.5. The molecule has 0 radical (unpaired) electrons. The summed E-state index contributed by atoms with van der Waals surface area (Å²) in [5.41, 5.74) is -0.673. The van der Waals surface area contributed by atoms with E-state index in [1.54, 1.807) is 6.26 Å². The maximum absolute atomic E-state index is 13.3. The molecule has 3 rings (SSSR count). The Labute approximate surface area is 196 Å². The molecule has 0 saturated carbocycles. The molecule has 3 heterocycles. The van der Waals surface area contributed by atoms with Crippen LogP contribution in [0.5, 0.6) is 0 Å². The van der Waals surface area contributed by atoms with E-state index >= 15 is 0 Å². The molecule has 5 N–H and O–H groups in total. The highest BCUT2D eigenvalue weighted by Crippen LogP contribution is 2.34. The van der Waals surface area contributed by atoms with Crippen LogP contribution < -0.4 is 10.6 Å². The van der Waals surface area contributed by atoms with Gasteiger partial charge < -0.3 is 35.4 Å². The second-order valence-corrected chi connectivity index (χ2v) is 11.4. The van der Waals surface area contributed by atoms with Gasteiger partial charge in [0.1, 0.15) is 35.9 Å². The minimum Gasteiger partial charge on any atom is -0.388 e. The first kappa shape index (κ1) is 26.2. The molecule has 9 heteroatoms. The van der Waals surface area contributed by atoms with E-state index in [2.05, 4.69) is 24.5 Å². The van der Waals surface area contributed by atoms with Crippen LogP contribution in [0, 0.1) is 23.7 Å². The Morgan fingerprint density at radius 3 is 2.50 bits per heavy atom. The van der Waals surface area contributed by atoms with Crippen LogP contribution >= 0.6 is 11.8 Å². The summed E-state index contributed by atoms with van der Waals surface area (Å²) in [6.07, 6.45) is 0.259. The minimum absolute atomic E-state index is 0.0498. The van der Waals surface area contributed by atoms with Crippen molar-refractivity contribution in [3.8, 4) is 0 Å². The third kappa shape index (κ3) is 5.79. The predicted molar refractivity (Wildman–Crippen MR) is 124 cm³/mol. The molecule has 8 nitrogen and oxygen atoms in total. The lowest BCUT2D eigenvalue weighted by Crippen LogP contribution is -2.65. The van der Waals surface area contributed by atoms with Gasteiger partial charge in [0, 0.05) is 13.2 Å². The van der Waals surface area contributed by atoms with Crippen LogP contribution in [0.3, 0.4) is 0 Å². The number of hydrogen-bond donors (Lipinski definition) is 5. The Balaban J connectivity index is 1.68. The summed E-state index contributed by atoms with van der Waals surface area (Å²) in [6, 6.07) is -0.971. The number of hydrogen-bond acceptors (Lipinski definition) is 8. The van der Waals surface area contributed by atoms with Gasteiger partial charge in [0.25, 0.3) is 0 Å². The number of aliphatic hydroxyl groups excluding tert-OH is 3. The summed E-state index contributed by atoms with van der Waals surface area (Å²) >= 11 is 1.27. The molecule has 3 aliphatic heterocycles. The van der Waals surface area contributed by atoms with Crippen LogP contribution in [-0.2, 0) is 14.3 Å². The number of rotatable bonds is 7. The Bertz CT molecular complexity index is 621. The smallest absolute Gasteiger partial charge is 0.240 e. The van der Waals surface area contributed by atoms with Crippen molar-refractivity contribution in [1.82, 2.24) is 10.6 Å². The van der Waals surface area contributed by atoms with E-state index in [1.807, 2.05) is 13.8 Å². The van der Waals surface area contributed by atoms with Crippen LogP contribution in [0.15, 0.2) is 0 Å². The van der Waals surface area contributed by atoms with Gasteiger partial charge in [-0.2, -0.15) is 0 Å². The van der Waals surface area contributed by atoms with Gasteiger partial charge in [0.15, 0.2) is 0 Å². The molecule has 186 valence electrons. The van der Waals surface area contributed by atoms with Gasteiger partial charge in [-0.3, -0.25) is 4.79 Å². The Kier molecular flexibility index (Phi) is 9.28. The van der Waals surface area contributed by atoms with Crippen molar-refractivity contribution < 1.29 is 29.6 Å². The van der Waals surface area contributed by atoms with Crippen molar-refractivity contribution in [2.24, 2.45) is 23.7 Å². The molecule has 0 bridgehead atoms. The first-order chi connectivity index (χ1) is 15.1. The van der Waals surface area contributed by atoms with Gasteiger partial charge in [-0.25, -0.2) is 0 Å². The summed E-state index contributed by atoms with van der Waals surface area (Å²) in [4.78, 5) is 13.3. The number of nitrogens with one attached hydrogen (secondary N) is 2. The van der Waals surface area contributed by atoms with Gasteiger partial charge in [-0.15, -0.1) is 11.8 Å². The van der Waals surface area contributed by atoms with Crippen molar-refractivity contribution in [2.75, 3.05) is 19.4 Å². The number of aliphatic hydroxyl groups is 3. The summed E-state index contributed by atoms with van der Waals surface area (Å²) in [6.45, 7) is 9.80. The largest absolute Gasteiger partial charge is 0.388 e. The van der Waals surface area contributed by atoms with E-state index < -0.39 is 41.9 Å². The molecule has 0 aromatic heterocycles. The third-order valence-corrected chi connectivity index (χ3v) is 8.03. The Morgan fingerprint density at radius 1 is 1.16 bits per heavy atom. The van der Waals surface area contributed by atoms with Crippen molar-refractivity contribution in [1.29, 1.82) is 0 Å². The summed E-state index contributed by atoms with van der Waals surface area (Å²) in [5.74, 6) is 1.36. The van der Waals surface area contributed by atoms with E-state index in [0.717, 1.165) is 19.4 Å². The third-order valence-electron chi connectivity index (χ3n) is 7.17. The van der Waals surface area contributed by atoms with E-state index in [-0.39, 0.29) is 17.9 Å². The fourth-order valence-corrected chi connectivity index (χ4v) is 6.20. The molecular formula is C23H42N2O6S. The first-order valence-electron chi connectivity index (χ1n) is 12.0. The zero-order valence-corrected chi connectivity index (χ0v) is 20.8. The lowest BCUT2D eigenvalue weighted by atomic mass is 9.85. The fraction of sp³-hybridized carbons (Fsp3) is 0.957. The lowest BCUT2D eigenvalue weighted by Gasteiger charge is -2.44. The van der Waals surface area contributed by atoms with Crippen LogP contribution in [-0.4, -0.2) is 88.7 Å². The molecule has 10 atom stereocenters. The van der Waals surface area contributed by atoms with E-state index in [0.29, 0.717) is 24.4 Å². The van der Waals surface area contributed by atoms with Gasteiger partial charge in [0.2, 0.25) is 5.91 Å². The average molecular weight is 475 g/mol. The number of thioether (sulfide) groups is 1. The molecule has 3 unspecified atom stereocenters. The summed E-state index contributed by atoms with van der Waals surface area (Å²) < 4.78 is 12.1. The lowest BCUT2D eigenvalue weighted by molar-refractivity contribution is -0.208.